The van der Waals surface area contributed by atoms with E-state index in [0.29, 0.717) is 17.5 Å². The molecule has 0 amide bonds. The third kappa shape index (κ3) is 5.80. The van der Waals surface area contributed by atoms with Crippen LogP contribution in [0.5, 0.6) is 0 Å². The summed E-state index contributed by atoms with van der Waals surface area (Å²) in [5, 5.41) is 8.97. The highest BCUT2D eigenvalue weighted by Crippen LogP contribution is 2.44. The van der Waals surface area contributed by atoms with Gasteiger partial charge in [0.05, 0.1) is 27.8 Å². The minimum absolute atomic E-state index is 0.556. The lowest BCUT2D eigenvalue weighted by atomic mass is 10.0. The second kappa shape index (κ2) is 14.7. The van der Waals surface area contributed by atoms with Gasteiger partial charge in [-0.25, -0.2) is 15.0 Å². The molecule has 10 aromatic carbocycles. The van der Waals surface area contributed by atoms with E-state index >= 15 is 0 Å². The predicted molar refractivity (Wildman–Crippen MR) is 275 cm³/mol. The molecule has 67 heavy (non-hydrogen) atoms. The maximum atomic E-state index is 7.01. The summed E-state index contributed by atoms with van der Waals surface area (Å²) in [6.45, 7) is 0. The molecule has 0 saturated carbocycles. The zero-order valence-electron chi connectivity index (χ0n) is 36.0. The van der Waals surface area contributed by atoms with E-state index in [0.717, 1.165) is 94.0 Å². The van der Waals surface area contributed by atoms with Gasteiger partial charge in [0, 0.05) is 54.7 Å². The summed E-state index contributed by atoms with van der Waals surface area (Å²) in [5.41, 5.74) is 12.8. The van der Waals surface area contributed by atoms with Gasteiger partial charge in [-0.3, -0.25) is 0 Å². The SMILES string of the molecule is c1ccc(-c2cccc(-c3nc(-c4ccc(-n5c6ccccc6c6cc7ccccc7cc65)c5oc6ccccc6c45)nc(-c4cccc5c6ccccc6n(-c6ccccc6)c45)n3)c2)cc1. The predicted octanol–water partition coefficient (Wildman–Crippen LogP) is 15.8. The molecule has 6 nitrogen and oxygen atoms in total. The first-order valence-electron chi connectivity index (χ1n) is 22.6. The Balaban J connectivity index is 1.07. The van der Waals surface area contributed by atoms with Crippen molar-refractivity contribution >= 4 is 76.3 Å². The van der Waals surface area contributed by atoms with Crippen LogP contribution >= 0.6 is 0 Å². The molecule has 4 heterocycles. The van der Waals surface area contributed by atoms with E-state index in [1.807, 2.05) is 18.2 Å². The maximum Gasteiger partial charge on any atom is 0.166 e. The Hall–Kier alpha value is -9.13. The Morgan fingerprint density at radius 1 is 0.343 bits per heavy atom. The van der Waals surface area contributed by atoms with Gasteiger partial charge in [-0.2, -0.15) is 0 Å². The summed E-state index contributed by atoms with van der Waals surface area (Å²) in [7, 11) is 0. The first kappa shape index (κ1) is 37.3. The normalized spacial score (nSPS) is 11.9. The molecule has 14 rings (SSSR count). The molecule has 14 aromatic rings. The van der Waals surface area contributed by atoms with Crippen molar-refractivity contribution in [2.45, 2.75) is 0 Å². The molecule has 0 saturated heterocycles. The van der Waals surface area contributed by atoms with E-state index < -0.39 is 0 Å². The van der Waals surface area contributed by atoms with Crippen LogP contribution in [-0.4, -0.2) is 24.1 Å². The van der Waals surface area contributed by atoms with Crippen LogP contribution < -0.4 is 0 Å². The Morgan fingerprint density at radius 3 is 1.73 bits per heavy atom. The van der Waals surface area contributed by atoms with Crippen molar-refractivity contribution in [3.8, 4) is 56.7 Å². The summed E-state index contributed by atoms with van der Waals surface area (Å²) in [6, 6.07) is 79.0. The molecule has 0 atom stereocenters. The van der Waals surface area contributed by atoms with Crippen LogP contribution in [0.2, 0.25) is 0 Å². The summed E-state index contributed by atoms with van der Waals surface area (Å²) >= 11 is 0. The van der Waals surface area contributed by atoms with Crippen LogP contribution in [-0.2, 0) is 0 Å². The van der Waals surface area contributed by atoms with E-state index in [2.05, 4.69) is 215 Å². The van der Waals surface area contributed by atoms with Gasteiger partial charge >= 0.3 is 0 Å². The Labute approximate surface area is 384 Å². The fourth-order valence-electron chi connectivity index (χ4n) is 10.4. The summed E-state index contributed by atoms with van der Waals surface area (Å²) in [5.74, 6) is 1.72. The monoisotopic (exact) mass is 855 g/mol. The topological polar surface area (TPSA) is 61.7 Å². The Bertz CT molecular complexity index is 4280. The average Bonchev–Trinajstić information content (AvgIpc) is 4.06. The number of benzene rings is 10. The molecule has 0 unspecified atom stereocenters. The van der Waals surface area contributed by atoms with E-state index in [-0.39, 0.29) is 0 Å². The number of aromatic nitrogens is 5. The molecule has 0 aliphatic carbocycles. The lowest BCUT2D eigenvalue weighted by molar-refractivity contribution is 0.666. The highest BCUT2D eigenvalue weighted by molar-refractivity contribution is 6.18. The second-order valence-electron chi connectivity index (χ2n) is 17.1. The smallest absolute Gasteiger partial charge is 0.166 e. The van der Waals surface area contributed by atoms with Crippen LogP contribution in [0.4, 0.5) is 0 Å². The zero-order valence-corrected chi connectivity index (χ0v) is 36.0. The minimum atomic E-state index is 0.556. The second-order valence-corrected chi connectivity index (χ2v) is 17.1. The third-order valence-corrected chi connectivity index (χ3v) is 13.3. The van der Waals surface area contributed by atoms with Gasteiger partial charge in [0.15, 0.2) is 23.1 Å². The minimum Gasteiger partial charge on any atom is -0.454 e. The largest absolute Gasteiger partial charge is 0.454 e. The summed E-state index contributed by atoms with van der Waals surface area (Å²) in [6.07, 6.45) is 0. The molecular formula is C61H37N5O. The van der Waals surface area contributed by atoms with E-state index in [4.69, 9.17) is 19.4 Å². The van der Waals surface area contributed by atoms with Crippen LogP contribution in [0.1, 0.15) is 0 Å². The van der Waals surface area contributed by atoms with Crippen molar-refractivity contribution in [3.05, 3.63) is 224 Å². The summed E-state index contributed by atoms with van der Waals surface area (Å²) in [4.78, 5) is 16.3. The fraction of sp³-hybridized carbons (Fsp3) is 0. The molecule has 4 aromatic heterocycles. The van der Waals surface area contributed by atoms with Crippen molar-refractivity contribution < 1.29 is 4.42 Å². The highest BCUT2D eigenvalue weighted by atomic mass is 16.3. The third-order valence-electron chi connectivity index (χ3n) is 13.3. The van der Waals surface area contributed by atoms with Crippen molar-refractivity contribution in [1.82, 2.24) is 24.1 Å². The number of fused-ring (bicyclic) bond motifs is 10. The molecule has 0 aliphatic rings. The Kier molecular flexibility index (Phi) is 8.18. The van der Waals surface area contributed by atoms with Crippen LogP contribution in [0.15, 0.2) is 229 Å². The molecule has 6 heteroatoms. The lowest BCUT2D eigenvalue weighted by Crippen LogP contribution is -2.03. The molecule has 0 spiro atoms. The first-order valence-corrected chi connectivity index (χ1v) is 22.6. The quantitative estimate of drug-likeness (QED) is 0.167. The number of furan rings is 1. The fourth-order valence-corrected chi connectivity index (χ4v) is 10.4. The molecule has 0 bridgehead atoms. The van der Waals surface area contributed by atoms with Crippen molar-refractivity contribution in [2.24, 2.45) is 0 Å². The molecule has 0 fully saturated rings. The Morgan fingerprint density at radius 2 is 0.925 bits per heavy atom. The zero-order chi connectivity index (χ0) is 44.0. The lowest BCUT2D eigenvalue weighted by Gasteiger charge is -2.14. The van der Waals surface area contributed by atoms with Gasteiger partial charge in [-0.05, 0) is 88.6 Å². The number of hydrogen-bond acceptors (Lipinski definition) is 4. The molecule has 312 valence electrons. The van der Waals surface area contributed by atoms with E-state index in [9.17, 15) is 0 Å². The average molecular weight is 856 g/mol. The first-order chi connectivity index (χ1) is 33.2. The molecule has 0 radical (unpaired) electrons. The van der Waals surface area contributed by atoms with Crippen LogP contribution in [0.25, 0.3) is 133 Å². The van der Waals surface area contributed by atoms with Gasteiger partial charge in [0.25, 0.3) is 0 Å². The maximum absolute atomic E-state index is 7.01. The van der Waals surface area contributed by atoms with Crippen LogP contribution in [0, 0.1) is 0 Å². The van der Waals surface area contributed by atoms with E-state index in [1.54, 1.807) is 0 Å². The van der Waals surface area contributed by atoms with Gasteiger partial charge < -0.3 is 13.6 Å². The molecular weight excluding hydrogens is 819 g/mol. The number of hydrogen-bond donors (Lipinski definition) is 0. The molecule has 0 aliphatic heterocycles. The van der Waals surface area contributed by atoms with Gasteiger partial charge in [-0.15, -0.1) is 0 Å². The van der Waals surface area contributed by atoms with Crippen LogP contribution in [0.3, 0.4) is 0 Å². The number of rotatable bonds is 6. The van der Waals surface area contributed by atoms with Gasteiger partial charge in [0.2, 0.25) is 0 Å². The van der Waals surface area contributed by atoms with Crippen molar-refractivity contribution in [2.75, 3.05) is 0 Å². The van der Waals surface area contributed by atoms with Gasteiger partial charge in [0.1, 0.15) is 5.58 Å². The van der Waals surface area contributed by atoms with Crippen molar-refractivity contribution in [1.29, 1.82) is 0 Å². The van der Waals surface area contributed by atoms with E-state index in [1.165, 1.54) is 21.5 Å². The highest BCUT2D eigenvalue weighted by Gasteiger charge is 2.25. The van der Waals surface area contributed by atoms with Crippen molar-refractivity contribution in [3.63, 3.8) is 0 Å². The number of para-hydroxylation sites is 5. The molecule has 0 N–H and O–H groups in total. The number of nitrogens with zero attached hydrogens (tertiary/aromatic N) is 5. The van der Waals surface area contributed by atoms with Gasteiger partial charge in [-0.1, -0.05) is 158 Å². The summed E-state index contributed by atoms with van der Waals surface area (Å²) < 4.78 is 11.7. The standard InChI is InChI=1S/C61H37N5O/c1-3-17-38(18-4-1)39-21-15-22-42(35-39)59-62-60(64-61(63-59)49-29-16-28-46-44-25-9-12-30-51(44)65(57(46)49)43-23-5-2-6-24-43)48-33-34-53(58-56(48)47-27-11-14-32-55(47)67-58)66-52-31-13-10-26-45(52)50-36-40-19-7-8-20-41(40)37-54(50)66/h1-37H.